The largest absolute Gasteiger partial charge is 0.266 e. The maximum Gasteiger partial charge on any atom is 0.0493 e. The van der Waals surface area contributed by atoms with Crippen LogP contribution in [0.2, 0.25) is 0 Å². The Kier molecular flexibility index (Phi) is 4.70. The zero-order valence-electron chi connectivity index (χ0n) is 10.3. The fourth-order valence-electron chi connectivity index (χ4n) is 1.98. The zero-order chi connectivity index (χ0) is 12.2. The van der Waals surface area contributed by atoms with E-state index in [1.165, 1.54) is 11.1 Å². The van der Waals surface area contributed by atoms with Gasteiger partial charge in [0.05, 0.1) is 0 Å². The van der Waals surface area contributed by atoms with E-state index in [1.54, 1.807) is 6.20 Å². The third-order valence-electron chi connectivity index (χ3n) is 2.85. The Hall–Kier alpha value is -1.66. The summed E-state index contributed by atoms with van der Waals surface area (Å²) in [7, 11) is 0. The van der Waals surface area contributed by atoms with Crippen molar-refractivity contribution in [2.24, 2.45) is 0 Å². The number of benzene rings is 2. The first-order chi connectivity index (χ1) is 8.92. The van der Waals surface area contributed by atoms with Crippen molar-refractivity contribution in [2.45, 2.75) is 6.42 Å². The Morgan fingerprint density at radius 1 is 1.00 bits per heavy atom. The smallest absolute Gasteiger partial charge is 0.0493 e. The van der Waals surface area contributed by atoms with Gasteiger partial charge in [-0.25, -0.2) is 0 Å². The molecule has 0 fully saturated rings. The standard InChI is InChI=1S/C16H13N2.Pt/c1-2-6-14(7-3-1)12-15-8-4-9-16(13-15)18-11-5-10-17-18;/h1-8,10-11,13H,12H2;/q-1;. The van der Waals surface area contributed by atoms with Gasteiger partial charge < -0.3 is 0 Å². The summed E-state index contributed by atoms with van der Waals surface area (Å²) in [5.41, 5.74) is 3.56. The van der Waals surface area contributed by atoms with Crippen molar-refractivity contribution in [1.82, 2.24) is 9.78 Å². The minimum Gasteiger partial charge on any atom is -0.266 e. The predicted molar refractivity (Wildman–Crippen MR) is 71.6 cm³/mol. The predicted octanol–water partition coefficient (Wildman–Crippen LogP) is 3.26. The summed E-state index contributed by atoms with van der Waals surface area (Å²) in [4.78, 5) is 0. The van der Waals surface area contributed by atoms with Gasteiger partial charge in [0.2, 0.25) is 0 Å². The summed E-state index contributed by atoms with van der Waals surface area (Å²) in [5.74, 6) is 0. The Morgan fingerprint density at radius 2 is 1.84 bits per heavy atom. The first-order valence-electron chi connectivity index (χ1n) is 5.96. The second-order valence-corrected chi connectivity index (χ2v) is 4.20. The van der Waals surface area contributed by atoms with Crippen LogP contribution >= 0.6 is 0 Å². The number of nitrogens with zero attached hydrogens (tertiary/aromatic N) is 2. The van der Waals surface area contributed by atoms with Gasteiger partial charge in [-0.15, -0.1) is 6.07 Å². The third-order valence-corrected chi connectivity index (χ3v) is 2.85. The topological polar surface area (TPSA) is 17.8 Å². The molecule has 0 saturated carbocycles. The van der Waals surface area contributed by atoms with Crippen molar-refractivity contribution in [3.63, 3.8) is 0 Å². The molecule has 0 amide bonds. The van der Waals surface area contributed by atoms with Gasteiger partial charge in [-0.3, -0.25) is 4.68 Å². The first-order valence-corrected chi connectivity index (χ1v) is 5.96. The summed E-state index contributed by atoms with van der Waals surface area (Å²) in [5, 5.41) is 4.22. The van der Waals surface area contributed by atoms with Crippen LogP contribution in [0.15, 0.2) is 67.0 Å². The van der Waals surface area contributed by atoms with Crippen molar-refractivity contribution < 1.29 is 21.1 Å². The van der Waals surface area contributed by atoms with Crippen molar-refractivity contribution in [1.29, 1.82) is 0 Å². The molecule has 0 N–H and O–H groups in total. The molecule has 98 valence electrons. The molecule has 0 aliphatic rings. The first kappa shape index (κ1) is 13.8. The average Bonchev–Trinajstić information content (AvgIpc) is 2.94. The van der Waals surface area contributed by atoms with E-state index in [9.17, 15) is 0 Å². The van der Waals surface area contributed by atoms with Gasteiger partial charge in [0.25, 0.3) is 0 Å². The average molecular weight is 428 g/mol. The molecule has 2 nitrogen and oxygen atoms in total. The van der Waals surface area contributed by atoms with Crippen LogP contribution in [0.5, 0.6) is 0 Å². The molecule has 1 heterocycles. The fourth-order valence-corrected chi connectivity index (χ4v) is 1.98. The molecule has 2 aromatic carbocycles. The summed E-state index contributed by atoms with van der Waals surface area (Å²) >= 11 is 0. The normalized spacial score (nSPS) is 9.89. The minimum absolute atomic E-state index is 0. The molecule has 3 heteroatoms. The van der Waals surface area contributed by atoms with E-state index >= 15 is 0 Å². The van der Waals surface area contributed by atoms with Gasteiger partial charge in [-0.05, 0) is 23.7 Å². The molecule has 3 aromatic rings. The van der Waals surface area contributed by atoms with Gasteiger partial charge in [-0.2, -0.15) is 28.9 Å². The fraction of sp³-hybridized carbons (Fsp3) is 0.0625. The molecule has 0 aliphatic carbocycles. The molecule has 0 unspecified atom stereocenters. The molecule has 0 saturated heterocycles. The van der Waals surface area contributed by atoms with Crippen LogP contribution in [-0.4, -0.2) is 9.78 Å². The molecule has 1 aromatic heterocycles. The van der Waals surface area contributed by atoms with Crippen molar-refractivity contribution in [3.05, 3.63) is 84.2 Å². The summed E-state index contributed by atoms with van der Waals surface area (Å²) in [6.07, 6.45) is 4.64. The molecule has 3 rings (SSSR count). The van der Waals surface area contributed by atoms with Gasteiger partial charge >= 0.3 is 0 Å². The van der Waals surface area contributed by atoms with Crippen LogP contribution in [0.4, 0.5) is 0 Å². The van der Waals surface area contributed by atoms with Gasteiger partial charge in [-0.1, -0.05) is 30.3 Å². The molecular weight excluding hydrogens is 415 g/mol. The maximum absolute atomic E-state index is 4.22. The van der Waals surface area contributed by atoms with Crippen molar-refractivity contribution in [3.8, 4) is 5.69 Å². The van der Waals surface area contributed by atoms with E-state index in [4.69, 9.17) is 0 Å². The second-order valence-electron chi connectivity index (χ2n) is 4.20. The van der Waals surface area contributed by atoms with E-state index in [2.05, 4.69) is 47.6 Å². The number of hydrogen-bond acceptors (Lipinski definition) is 1. The molecule has 0 radical (unpaired) electrons. The van der Waals surface area contributed by atoms with Gasteiger partial charge in [0.1, 0.15) is 0 Å². The monoisotopic (exact) mass is 428 g/mol. The quantitative estimate of drug-likeness (QED) is 0.586. The Bertz CT molecular complexity index is 618. The van der Waals surface area contributed by atoms with E-state index in [0.29, 0.717) is 0 Å². The van der Waals surface area contributed by atoms with Gasteiger partial charge in [0.15, 0.2) is 0 Å². The van der Waals surface area contributed by atoms with Crippen LogP contribution in [0.3, 0.4) is 0 Å². The van der Waals surface area contributed by atoms with Crippen molar-refractivity contribution in [2.75, 3.05) is 0 Å². The van der Waals surface area contributed by atoms with Crippen molar-refractivity contribution >= 4 is 0 Å². The third kappa shape index (κ3) is 3.42. The molecular formula is C16H13N2Pt-. The van der Waals surface area contributed by atoms with Crippen LogP contribution in [0.1, 0.15) is 11.1 Å². The van der Waals surface area contributed by atoms with Crippen LogP contribution in [0.25, 0.3) is 5.69 Å². The zero-order valence-corrected chi connectivity index (χ0v) is 12.5. The number of rotatable bonds is 3. The minimum atomic E-state index is 0. The van der Waals surface area contributed by atoms with E-state index in [1.807, 2.05) is 29.1 Å². The molecule has 0 bridgehead atoms. The molecule has 0 atom stereocenters. The van der Waals surface area contributed by atoms with Crippen LogP contribution in [-0.2, 0) is 27.5 Å². The van der Waals surface area contributed by atoms with Gasteiger partial charge in [0, 0.05) is 33.5 Å². The Morgan fingerprint density at radius 3 is 2.58 bits per heavy atom. The molecule has 0 aliphatic heterocycles. The maximum atomic E-state index is 4.22. The van der Waals surface area contributed by atoms with E-state index < -0.39 is 0 Å². The second kappa shape index (κ2) is 6.49. The van der Waals surface area contributed by atoms with E-state index in [0.717, 1.165) is 12.1 Å². The summed E-state index contributed by atoms with van der Waals surface area (Å²) < 4.78 is 1.83. The Labute approximate surface area is 127 Å². The summed E-state index contributed by atoms with van der Waals surface area (Å²) in [6.45, 7) is 0. The van der Waals surface area contributed by atoms with Crippen LogP contribution in [0, 0.1) is 6.07 Å². The van der Waals surface area contributed by atoms with E-state index in [-0.39, 0.29) is 21.1 Å². The van der Waals surface area contributed by atoms with Crippen LogP contribution < -0.4 is 0 Å². The molecule has 0 spiro atoms. The summed E-state index contributed by atoms with van der Waals surface area (Å²) in [6, 6.07) is 21.7. The Balaban J connectivity index is 0.00000133. The SMILES string of the molecule is [Pt].[c-]1ccc(Cc2ccccc2)cc1-n1cccn1. The molecule has 19 heavy (non-hydrogen) atoms. The number of hydrogen-bond donors (Lipinski definition) is 0. The number of aromatic nitrogens is 2.